The average Bonchev–Trinajstić information content (AvgIpc) is 3.62. The number of hydrogen-bond acceptors (Lipinski definition) is 9. The standard InChI is InChI=1S/C24H23F2N7O3S2/c1-38(35)20-13-17(14(25)11-15(20)26)31-7-4-30(5-8-31)6-9-32-22-21(37-24(32)34)18-12-16(19-3-2-10-36-19)29-33(18)23(27)28-22/h2-3,10-13H,4-9H2,1H3,(H2,27,28)/t38-/m0/s1. The van der Waals surface area contributed by atoms with Crippen molar-refractivity contribution >= 4 is 50.0 Å². The van der Waals surface area contributed by atoms with Crippen LogP contribution in [0.1, 0.15) is 0 Å². The highest BCUT2D eigenvalue weighted by Crippen LogP contribution is 2.29. The van der Waals surface area contributed by atoms with Crippen molar-refractivity contribution in [1.82, 2.24) is 24.1 Å². The maximum atomic E-state index is 14.5. The fourth-order valence-corrected chi connectivity index (χ4v) is 6.30. The van der Waals surface area contributed by atoms with E-state index in [-0.39, 0.29) is 21.4 Å². The second kappa shape index (κ2) is 9.69. The van der Waals surface area contributed by atoms with Gasteiger partial charge in [-0.15, -0.1) is 0 Å². The highest BCUT2D eigenvalue weighted by molar-refractivity contribution is 7.90. The maximum absolute atomic E-state index is 14.5. The molecule has 1 saturated heterocycles. The van der Waals surface area contributed by atoms with Gasteiger partial charge in [0.2, 0.25) is 5.95 Å². The van der Waals surface area contributed by atoms with E-state index in [2.05, 4.69) is 15.0 Å². The van der Waals surface area contributed by atoms with Crippen molar-refractivity contribution in [3.05, 3.63) is 57.9 Å². The summed E-state index contributed by atoms with van der Waals surface area (Å²) in [4.78, 5) is 21.2. The summed E-state index contributed by atoms with van der Waals surface area (Å²) >= 11 is -0.465. The molecule has 1 atom stereocenters. The van der Waals surface area contributed by atoms with Crippen LogP contribution in [0.4, 0.5) is 20.4 Å². The lowest BCUT2D eigenvalue weighted by Crippen LogP contribution is -2.47. The van der Waals surface area contributed by atoms with Crippen molar-refractivity contribution in [3.63, 3.8) is 0 Å². The Labute approximate surface area is 222 Å². The van der Waals surface area contributed by atoms with E-state index in [0.717, 1.165) is 17.4 Å². The molecule has 14 heteroatoms. The molecule has 0 saturated carbocycles. The summed E-state index contributed by atoms with van der Waals surface area (Å²) in [6.45, 7) is 3.24. The van der Waals surface area contributed by atoms with E-state index < -0.39 is 22.8 Å². The normalized spacial score (nSPS) is 15.6. The summed E-state index contributed by atoms with van der Waals surface area (Å²) in [7, 11) is 0. The molecule has 5 heterocycles. The third-order valence-electron chi connectivity index (χ3n) is 6.69. The molecule has 1 aliphatic heterocycles. The predicted octanol–water partition coefficient (Wildman–Crippen LogP) is 2.79. The summed E-state index contributed by atoms with van der Waals surface area (Å²) in [6, 6.07) is 7.52. The number of piperazine rings is 1. The number of nitrogen functional groups attached to an aromatic ring is 1. The number of nitrogens with two attached hydrogens (primary N) is 1. The minimum atomic E-state index is -1.56. The highest BCUT2D eigenvalue weighted by Gasteiger charge is 2.24. The molecule has 0 bridgehead atoms. The summed E-state index contributed by atoms with van der Waals surface area (Å²) in [5, 5.41) is 4.47. The minimum absolute atomic E-state index is 0.0112. The third kappa shape index (κ3) is 4.32. The Balaban J connectivity index is 1.19. The number of thiazole rings is 1. The van der Waals surface area contributed by atoms with Crippen molar-refractivity contribution in [1.29, 1.82) is 0 Å². The second-order valence-electron chi connectivity index (χ2n) is 8.96. The lowest BCUT2D eigenvalue weighted by molar-refractivity contribution is 0.248. The van der Waals surface area contributed by atoms with Crippen LogP contribution in [-0.4, -0.2) is 67.6 Å². The van der Waals surface area contributed by atoms with Crippen LogP contribution < -0.4 is 15.5 Å². The number of fused-ring (bicyclic) bond motifs is 3. The molecule has 1 aromatic carbocycles. The first-order valence-electron chi connectivity index (χ1n) is 11.8. The van der Waals surface area contributed by atoms with Gasteiger partial charge < -0.3 is 19.6 Å². The number of furan rings is 1. The van der Waals surface area contributed by atoms with Gasteiger partial charge in [0, 0.05) is 51.4 Å². The van der Waals surface area contributed by atoms with Crippen LogP contribution in [0.2, 0.25) is 0 Å². The first kappa shape index (κ1) is 24.9. The first-order chi connectivity index (χ1) is 18.3. The molecule has 0 spiro atoms. The molecule has 6 rings (SSSR count). The van der Waals surface area contributed by atoms with Gasteiger partial charge in [-0.1, -0.05) is 11.3 Å². The molecule has 0 unspecified atom stereocenters. The Morgan fingerprint density at radius 2 is 1.95 bits per heavy atom. The van der Waals surface area contributed by atoms with Crippen molar-refractivity contribution in [2.45, 2.75) is 11.4 Å². The monoisotopic (exact) mass is 559 g/mol. The molecule has 5 aromatic rings. The molecule has 2 N–H and O–H groups in total. The van der Waals surface area contributed by atoms with Crippen LogP contribution in [0.15, 0.2) is 50.7 Å². The Morgan fingerprint density at radius 1 is 1.16 bits per heavy atom. The maximum Gasteiger partial charge on any atom is 0.309 e. The largest absolute Gasteiger partial charge is 0.612 e. The van der Waals surface area contributed by atoms with Crippen molar-refractivity contribution in [3.8, 4) is 11.5 Å². The van der Waals surface area contributed by atoms with Gasteiger partial charge in [-0.2, -0.15) is 14.6 Å². The van der Waals surface area contributed by atoms with Crippen molar-refractivity contribution < 1.29 is 17.8 Å². The highest BCUT2D eigenvalue weighted by atomic mass is 32.2. The zero-order valence-corrected chi connectivity index (χ0v) is 21.9. The van der Waals surface area contributed by atoms with Gasteiger partial charge in [-0.05, 0) is 29.4 Å². The molecular weight excluding hydrogens is 536 g/mol. The smallest absolute Gasteiger partial charge is 0.309 e. The number of aromatic nitrogens is 4. The zero-order valence-electron chi connectivity index (χ0n) is 20.3. The van der Waals surface area contributed by atoms with E-state index in [0.29, 0.717) is 66.6 Å². The van der Waals surface area contributed by atoms with Crippen molar-refractivity contribution in [2.75, 3.05) is 49.6 Å². The van der Waals surface area contributed by atoms with Crippen molar-refractivity contribution in [2.24, 2.45) is 0 Å². The Morgan fingerprint density at radius 3 is 2.66 bits per heavy atom. The minimum Gasteiger partial charge on any atom is -0.612 e. The molecule has 4 aromatic heterocycles. The van der Waals surface area contributed by atoms with Gasteiger partial charge in [0.1, 0.15) is 22.5 Å². The van der Waals surface area contributed by atoms with Crippen LogP contribution in [0.5, 0.6) is 0 Å². The second-order valence-corrected chi connectivity index (χ2v) is 11.3. The van der Waals surface area contributed by atoms with E-state index in [1.165, 1.54) is 16.8 Å². The van der Waals surface area contributed by atoms with Gasteiger partial charge in [0.15, 0.2) is 22.1 Å². The number of nitrogens with zero attached hydrogens (tertiary/aromatic N) is 6. The SMILES string of the molecule is C[S@+]([O-])c1cc(N2CCN(CCn3c(=O)sc4c3nc(N)n3nc(-c5ccco5)cc43)CC2)c(F)cc1F. The lowest BCUT2D eigenvalue weighted by atomic mass is 10.2. The van der Waals surface area contributed by atoms with Gasteiger partial charge in [0.05, 0.1) is 17.5 Å². The fourth-order valence-electron chi connectivity index (χ4n) is 4.73. The van der Waals surface area contributed by atoms with Gasteiger partial charge >= 0.3 is 4.87 Å². The quantitative estimate of drug-likeness (QED) is 0.316. The fraction of sp³-hybridized carbons (Fsp3) is 0.292. The first-order valence-corrected chi connectivity index (χ1v) is 14.2. The summed E-state index contributed by atoms with van der Waals surface area (Å²) in [5.74, 6) is -0.726. The molecule has 10 nitrogen and oxygen atoms in total. The molecular formula is C24H23F2N7O3S2. The third-order valence-corrected chi connectivity index (χ3v) is 8.61. The molecule has 0 amide bonds. The van der Waals surface area contributed by atoms with E-state index in [1.54, 1.807) is 23.0 Å². The lowest BCUT2D eigenvalue weighted by Gasteiger charge is -2.36. The number of halogens is 2. The molecule has 0 radical (unpaired) electrons. The molecule has 198 valence electrons. The van der Waals surface area contributed by atoms with Gasteiger partial charge in [-0.3, -0.25) is 14.3 Å². The Hall–Kier alpha value is -3.46. The molecule has 0 aliphatic carbocycles. The molecule has 1 aliphatic rings. The van der Waals surface area contributed by atoms with Crippen LogP contribution in [-0.2, 0) is 17.7 Å². The Kier molecular flexibility index (Phi) is 6.34. The molecule has 1 fully saturated rings. The topological polar surface area (TPSA) is 121 Å². The van der Waals surface area contributed by atoms with Crippen LogP contribution >= 0.6 is 11.3 Å². The number of benzene rings is 1. The van der Waals surface area contributed by atoms with E-state index >= 15 is 0 Å². The van der Waals surface area contributed by atoms with Crippen LogP contribution in [0.3, 0.4) is 0 Å². The van der Waals surface area contributed by atoms with E-state index in [4.69, 9.17) is 10.2 Å². The number of anilines is 2. The summed E-state index contributed by atoms with van der Waals surface area (Å²) in [6.07, 6.45) is 2.93. The molecule has 38 heavy (non-hydrogen) atoms. The number of hydrogen-bond donors (Lipinski definition) is 1. The number of rotatable bonds is 6. The van der Waals surface area contributed by atoms with Crippen LogP contribution in [0.25, 0.3) is 27.3 Å². The summed E-state index contributed by atoms with van der Waals surface area (Å²) < 4.78 is 49.5. The average molecular weight is 560 g/mol. The van der Waals surface area contributed by atoms with E-state index in [9.17, 15) is 18.1 Å². The summed E-state index contributed by atoms with van der Waals surface area (Å²) in [5.41, 5.74) is 8.21. The van der Waals surface area contributed by atoms with Gasteiger partial charge in [0.25, 0.3) is 0 Å². The van der Waals surface area contributed by atoms with Gasteiger partial charge in [-0.25, -0.2) is 8.78 Å². The van der Waals surface area contributed by atoms with Crippen LogP contribution in [0, 0.1) is 11.6 Å². The Bertz CT molecular complexity index is 1690. The van der Waals surface area contributed by atoms with E-state index in [1.807, 2.05) is 11.0 Å². The predicted molar refractivity (Wildman–Crippen MR) is 142 cm³/mol. The zero-order chi connectivity index (χ0) is 26.6.